The van der Waals surface area contributed by atoms with Crippen LogP contribution in [0.3, 0.4) is 0 Å². The molecule has 116 valence electrons. The maximum Gasteiger partial charge on any atom is 0.255 e. The lowest BCUT2D eigenvalue weighted by Crippen LogP contribution is -2.42. The number of halogens is 3. The van der Waals surface area contributed by atoms with Gasteiger partial charge in [-0.1, -0.05) is 23.2 Å². The Balaban J connectivity index is 1.97. The smallest absolute Gasteiger partial charge is 0.255 e. The van der Waals surface area contributed by atoms with Crippen molar-refractivity contribution in [3.8, 4) is 0 Å². The zero-order valence-electron chi connectivity index (χ0n) is 11.7. The Bertz CT molecular complexity index is 522. The van der Waals surface area contributed by atoms with Gasteiger partial charge in [0, 0.05) is 33.2 Å². The normalized spacial score (nSPS) is 16.0. The minimum Gasteiger partial charge on any atom is -0.379 e. The maximum atomic E-state index is 13.5. The second kappa shape index (κ2) is 7.40. The standard InChI is InChI=1S/C14H17Cl2FN2O2/c1-18(2-3-19-4-6-21-7-5-19)14(20)10-8-13(17)12(16)9-11(10)15/h8-9H,2-7H2,1H3. The molecule has 1 aromatic rings. The zero-order chi connectivity index (χ0) is 15.4. The summed E-state index contributed by atoms with van der Waals surface area (Å²) in [6.07, 6.45) is 0. The number of hydrogen-bond acceptors (Lipinski definition) is 3. The minimum absolute atomic E-state index is 0.0903. The number of ether oxygens (including phenoxy) is 1. The molecule has 0 atom stereocenters. The van der Waals surface area contributed by atoms with Gasteiger partial charge in [-0.2, -0.15) is 0 Å². The van der Waals surface area contributed by atoms with Crippen LogP contribution in [0.15, 0.2) is 12.1 Å². The third-order valence-electron chi connectivity index (χ3n) is 3.44. The highest BCUT2D eigenvalue weighted by Crippen LogP contribution is 2.25. The second-order valence-electron chi connectivity index (χ2n) is 4.93. The molecule has 0 radical (unpaired) electrons. The van der Waals surface area contributed by atoms with Crippen LogP contribution in [0.25, 0.3) is 0 Å². The summed E-state index contributed by atoms with van der Waals surface area (Å²) in [5.41, 5.74) is 0.128. The van der Waals surface area contributed by atoms with E-state index in [1.807, 2.05) is 0 Å². The Morgan fingerprint density at radius 3 is 2.67 bits per heavy atom. The lowest BCUT2D eigenvalue weighted by Gasteiger charge is -2.28. The van der Waals surface area contributed by atoms with Crippen molar-refractivity contribution in [3.63, 3.8) is 0 Å². The first kappa shape index (κ1) is 16.5. The summed E-state index contributed by atoms with van der Waals surface area (Å²) in [5.74, 6) is -0.963. The molecule has 0 N–H and O–H groups in total. The molecule has 0 bridgehead atoms. The first-order valence-electron chi connectivity index (χ1n) is 6.69. The van der Waals surface area contributed by atoms with E-state index in [1.165, 1.54) is 11.0 Å². The molecule has 0 aliphatic carbocycles. The molecule has 1 aromatic carbocycles. The molecule has 1 amide bonds. The molecule has 1 fully saturated rings. The van der Waals surface area contributed by atoms with Gasteiger partial charge in [0.2, 0.25) is 0 Å². The van der Waals surface area contributed by atoms with E-state index in [-0.39, 0.29) is 21.5 Å². The number of nitrogens with zero attached hydrogens (tertiary/aromatic N) is 2. The van der Waals surface area contributed by atoms with Crippen molar-refractivity contribution in [1.82, 2.24) is 9.80 Å². The summed E-state index contributed by atoms with van der Waals surface area (Å²) in [4.78, 5) is 16.0. The van der Waals surface area contributed by atoms with Crippen LogP contribution >= 0.6 is 23.2 Å². The fourth-order valence-corrected chi connectivity index (χ4v) is 2.57. The van der Waals surface area contributed by atoms with Gasteiger partial charge in [-0.3, -0.25) is 9.69 Å². The zero-order valence-corrected chi connectivity index (χ0v) is 13.3. The topological polar surface area (TPSA) is 32.8 Å². The van der Waals surface area contributed by atoms with Crippen LogP contribution in [-0.4, -0.2) is 62.1 Å². The van der Waals surface area contributed by atoms with Gasteiger partial charge in [0.15, 0.2) is 0 Å². The number of likely N-dealkylation sites (N-methyl/N-ethyl adjacent to an activating group) is 1. The van der Waals surface area contributed by atoms with Crippen molar-refractivity contribution in [2.75, 3.05) is 46.4 Å². The maximum absolute atomic E-state index is 13.5. The van der Waals surface area contributed by atoms with Gasteiger partial charge in [-0.25, -0.2) is 4.39 Å². The summed E-state index contributed by atoms with van der Waals surface area (Å²) >= 11 is 11.6. The van der Waals surface area contributed by atoms with Gasteiger partial charge >= 0.3 is 0 Å². The Morgan fingerprint density at radius 1 is 1.33 bits per heavy atom. The third kappa shape index (κ3) is 4.30. The van der Waals surface area contributed by atoms with Gasteiger partial charge in [-0.15, -0.1) is 0 Å². The molecule has 7 heteroatoms. The molecule has 1 saturated heterocycles. The Labute approximate surface area is 133 Å². The predicted octanol–water partition coefficient (Wildman–Crippen LogP) is 2.54. The van der Waals surface area contributed by atoms with Crippen molar-refractivity contribution in [3.05, 3.63) is 33.6 Å². The lowest BCUT2D eigenvalue weighted by atomic mass is 10.2. The number of morpholine rings is 1. The summed E-state index contributed by atoms with van der Waals surface area (Å²) in [6.45, 7) is 4.44. The second-order valence-corrected chi connectivity index (χ2v) is 5.74. The third-order valence-corrected chi connectivity index (χ3v) is 4.04. The highest BCUT2D eigenvalue weighted by atomic mass is 35.5. The van der Waals surface area contributed by atoms with Crippen LogP contribution in [-0.2, 0) is 4.74 Å². The molecule has 0 aromatic heterocycles. The molecule has 0 spiro atoms. The van der Waals surface area contributed by atoms with Crippen molar-refractivity contribution in [2.24, 2.45) is 0 Å². The van der Waals surface area contributed by atoms with E-state index < -0.39 is 5.82 Å². The van der Waals surface area contributed by atoms with Crippen LogP contribution in [0.1, 0.15) is 10.4 Å². The molecule has 0 unspecified atom stereocenters. The van der Waals surface area contributed by atoms with Gasteiger partial charge in [0.1, 0.15) is 5.82 Å². The number of amides is 1. The number of carbonyl (C=O) groups is 1. The van der Waals surface area contributed by atoms with Crippen LogP contribution in [0.5, 0.6) is 0 Å². The highest BCUT2D eigenvalue weighted by Gasteiger charge is 2.19. The van der Waals surface area contributed by atoms with Crippen molar-refractivity contribution in [1.29, 1.82) is 0 Å². The minimum atomic E-state index is -0.647. The fraction of sp³-hybridized carbons (Fsp3) is 0.500. The van der Waals surface area contributed by atoms with E-state index in [9.17, 15) is 9.18 Å². The Morgan fingerprint density at radius 2 is 2.00 bits per heavy atom. The molecule has 2 rings (SSSR count). The van der Waals surface area contributed by atoms with E-state index >= 15 is 0 Å². The Hall–Kier alpha value is -0.880. The van der Waals surface area contributed by atoms with Crippen LogP contribution in [0.2, 0.25) is 10.0 Å². The van der Waals surface area contributed by atoms with Gasteiger partial charge < -0.3 is 9.64 Å². The fourth-order valence-electron chi connectivity index (χ4n) is 2.11. The highest BCUT2D eigenvalue weighted by molar-refractivity contribution is 6.36. The molecule has 1 aliphatic rings. The Kier molecular flexibility index (Phi) is 5.81. The molecule has 1 aliphatic heterocycles. The summed E-state index contributed by atoms with van der Waals surface area (Å²) < 4.78 is 18.7. The quantitative estimate of drug-likeness (QED) is 0.793. The molecule has 1 heterocycles. The van der Waals surface area contributed by atoms with E-state index in [2.05, 4.69) is 4.90 Å². The molecule has 4 nitrogen and oxygen atoms in total. The largest absolute Gasteiger partial charge is 0.379 e. The molecular weight excluding hydrogens is 318 g/mol. The summed E-state index contributed by atoms with van der Waals surface area (Å²) in [7, 11) is 1.67. The van der Waals surface area contributed by atoms with Crippen molar-refractivity contribution in [2.45, 2.75) is 0 Å². The van der Waals surface area contributed by atoms with E-state index in [0.717, 1.165) is 25.7 Å². The summed E-state index contributed by atoms with van der Waals surface area (Å²) in [6, 6.07) is 2.33. The lowest BCUT2D eigenvalue weighted by molar-refractivity contribution is 0.0338. The van der Waals surface area contributed by atoms with Crippen molar-refractivity contribution < 1.29 is 13.9 Å². The van der Waals surface area contributed by atoms with Crippen LogP contribution in [0, 0.1) is 5.82 Å². The number of benzene rings is 1. The molecule has 21 heavy (non-hydrogen) atoms. The van der Waals surface area contributed by atoms with E-state index in [0.29, 0.717) is 19.8 Å². The van der Waals surface area contributed by atoms with E-state index in [4.69, 9.17) is 27.9 Å². The van der Waals surface area contributed by atoms with Gasteiger partial charge in [0.25, 0.3) is 5.91 Å². The summed E-state index contributed by atoms with van der Waals surface area (Å²) in [5, 5.41) is 0.0668. The average molecular weight is 335 g/mol. The predicted molar refractivity (Wildman–Crippen MR) is 80.6 cm³/mol. The number of hydrogen-bond donors (Lipinski definition) is 0. The van der Waals surface area contributed by atoms with Crippen LogP contribution in [0.4, 0.5) is 4.39 Å². The van der Waals surface area contributed by atoms with E-state index in [1.54, 1.807) is 7.05 Å². The average Bonchev–Trinajstić information content (AvgIpc) is 2.49. The SMILES string of the molecule is CN(CCN1CCOCC1)C(=O)c1cc(F)c(Cl)cc1Cl. The number of rotatable bonds is 4. The monoisotopic (exact) mass is 334 g/mol. The first-order valence-corrected chi connectivity index (χ1v) is 7.44. The van der Waals surface area contributed by atoms with Crippen LogP contribution < -0.4 is 0 Å². The first-order chi connectivity index (χ1) is 9.99. The number of carbonyl (C=O) groups excluding carboxylic acids is 1. The molecular formula is C14H17Cl2FN2O2. The molecule has 0 saturated carbocycles. The van der Waals surface area contributed by atoms with Gasteiger partial charge in [-0.05, 0) is 12.1 Å². The van der Waals surface area contributed by atoms with Gasteiger partial charge in [0.05, 0.1) is 28.8 Å². The van der Waals surface area contributed by atoms with Crippen molar-refractivity contribution >= 4 is 29.1 Å².